The van der Waals surface area contributed by atoms with Gasteiger partial charge in [-0.15, -0.1) is 0 Å². The molecule has 200 valence electrons. The molecule has 0 aliphatic carbocycles. The lowest BCUT2D eigenvalue weighted by molar-refractivity contribution is -0.301. The van der Waals surface area contributed by atoms with Crippen LogP contribution in [0.5, 0.6) is 5.75 Å². The summed E-state index contributed by atoms with van der Waals surface area (Å²) in [5.74, 6) is 1.02. The van der Waals surface area contributed by atoms with Gasteiger partial charge in [0.1, 0.15) is 23.7 Å². The predicted molar refractivity (Wildman–Crippen MR) is 151 cm³/mol. The van der Waals surface area contributed by atoms with E-state index in [-0.39, 0.29) is 5.56 Å². The van der Waals surface area contributed by atoms with E-state index in [9.17, 15) is 4.79 Å². The third-order valence-corrected chi connectivity index (χ3v) is 6.48. The van der Waals surface area contributed by atoms with E-state index in [2.05, 4.69) is 21.9 Å². The highest BCUT2D eigenvalue weighted by molar-refractivity contribution is 5.81. The normalized spacial score (nSPS) is 11.2. The molecule has 2 heterocycles. The van der Waals surface area contributed by atoms with Crippen LogP contribution in [0.25, 0.3) is 28.1 Å². The van der Waals surface area contributed by atoms with Crippen LogP contribution in [0.1, 0.15) is 18.2 Å². The van der Waals surface area contributed by atoms with Crippen molar-refractivity contribution >= 4 is 16.7 Å². The number of aromatic amines is 1. The van der Waals surface area contributed by atoms with Crippen LogP contribution >= 0.6 is 0 Å². The van der Waals surface area contributed by atoms with Gasteiger partial charge in [-0.25, -0.2) is 19.4 Å². The number of H-pyrrole nitrogens is 1. The molecule has 0 spiro atoms. The van der Waals surface area contributed by atoms with Gasteiger partial charge in [-0.3, -0.25) is 4.79 Å². The summed E-state index contributed by atoms with van der Waals surface area (Å²) in [5, 5.41) is 4.58. The number of likely N-dealkylation sites (N-methyl/N-ethyl adjacent to an activating group) is 1. The summed E-state index contributed by atoms with van der Waals surface area (Å²) in [6.07, 6.45) is 0. The van der Waals surface area contributed by atoms with Crippen molar-refractivity contribution in [1.29, 1.82) is 0 Å². The van der Waals surface area contributed by atoms with E-state index in [0.717, 1.165) is 23.5 Å². The van der Waals surface area contributed by atoms with Gasteiger partial charge in [-0.2, -0.15) is 5.10 Å². The number of nitrogens with zero attached hydrogens (tertiary/aromatic N) is 4. The Hall–Kier alpha value is -4.47. The Balaban J connectivity index is 1.35. The Bertz CT molecular complexity index is 1600. The minimum absolute atomic E-state index is 0.270. The van der Waals surface area contributed by atoms with Crippen molar-refractivity contribution in [3.63, 3.8) is 0 Å². The molecule has 1 N–H and O–H groups in total. The number of para-hydroxylation sites is 1. The molecule has 39 heavy (non-hydrogen) atoms. The Morgan fingerprint density at radius 1 is 0.974 bits per heavy atom. The number of fused-ring (bicyclic) bond motifs is 1. The zero-order chi connectivity index (χ0) is 27.2. The number of hydrogen-bond donors (Lipinski definition) is 1. The van der Waals surface area contributed by atoms with Crippen molar-refractivity contribution in [3.8, 4) is 22.8 Å². The molecule has 5 aromatic rings. The van der Waals surface area contributed by atoms with Crippen molar-refractivity contribution in [2.24, 2.45) is 0 Å². The first kappa shape index (κ1) is 26.1. The molecule has 0 radical (unpaired) electrons. The zero-order valence-corrected chi connectivity index (χ0v) is 22.3. The molecule has 0 unspecified atom stereocenters. The van der Waals surface area contributed by atoms with Crippen molar-refractivity contribution in [2.75, 3.05) is 31.7 Å². The zero-order valence-electron chi connectivity index (χ0n) is 22.3. The minimum Gasteiger partial charge on any atom is -0.496 e. The number of aryl methyl sites for hydroxylation is 1. The van der Waals surface area contributed by atoms with Crippen LogP contribution in [0, 0.1) is 6.92 Å². The van der Waals surface area contributed by atoms with Crippen molar-refractivity contribution in [3.05, 3.63) is 100 Å². The average molecular weight is 526 g/mol. The summed E-state index contributed by atoms with van der Waals surface area (Å²) >= 11 is 0. The maximum atomic E-state index is 13.2. The number of anilines is 1. The van der Waals surface area contributed by atoms with E-state index in [0.29, 0.717) is 53.6 Å². The second-order valence-corrected chi connectivity index (χ2v) is 8.98. The molecule has 0 fully saturated rings. The number of nitrogens with one attached hydrogen (secondary N) is 1. The lowest BCUT2D eigenvalue weighted by atomic mass is 10.1. The summed E-state index contributed by atoms with van der Waals surface area (Å²) in [5.41, 5.74) is 4.85. The monoisotopic (exact) mass is 525 g/mol. The van der Waals surface area contributed by atoms with Gasteiger partial charge in [0.2, 0.25) is 0 Å². The molecule has 2 aromatic heterocycles. The standard InChI is InChI=1S/C30H31N5O4/c1-4-34(17-18-38-39-20-22-11-7-5-8-12-22)24-15-16-25(26(19-24)37-3)29-31-27-21(2)33-35(28(27)30(36)32-29)23-13-9-6-10-14-23/h5-16,19H,4,17-18,20H2,1-3H3,(H,31,32,36). The Morgan fingerprint density at radius 3 is 2.44 bits per heavy atom. The van der Waals surface area contributed by atoms with E-state index >= 15 is 0 Å². The van der Waals surface area contributed by atoms with E-state index in [4.69, 9.17) is 19.5 Å². The van der Waals surface area contributed by atoms with Gasteiger partial charge in [0, 0.05) is 24.8 Å². The quantitative estimate of drug-likeness (QED) is 0.146. The number of rotatable bonds is 11. The van der Waals surface area contributed by atoms with Gasteiger partial charge >= 0.3 is 0 Å². The molecule has 0 atom stereocenters. The van der Waals surface area contributed by atoms with Crippen LogP contribution < -0.4 is 15.2 Å². The third kappa shape index (κ3) is 5.69. The van der Waals surface area contributed by atoms with E-state index in [1.54, 1.807) is 11.8 Å². The van der Waals surface area contributed by atoms with Gasteiger partial charge in [0.05, 0.1) is 30.7 Å². The summed E-state index contributed by atoms with van der Waals surface area (Å²) in [4.78, 5) is 33.9. The topological polar surface area (TPSA) is 94.5 Å². The number of hydrogen-bond acceptors (Lipinski definition) is 7. The SMILES string of the molecule is CCN(CCOOCc1ccccc1)c1ccc(-c2nc3c(C)nn(-c4ccccc4)c3c(=O)[nH]2)c(OC)c1. The highest BCUT2D eigenvalue weighted by Gasteiger charge is 2.18. The van der Waals surface area contributed by atoms with E-state index in [1.165, 1.54) is 0 Å². The fourth-order valence-corrected chi connectivity index (χ4v) is 4.48. The second kappa shape index (κ2) is 11.9. The van der Waals surface area contributed by atoms with Crippen LogP contribution in [-0.2, 0) is 16.4 Å². The van der Waals surface area contributed by atoms with Crippen molar-refractivity contribution < 1.29 is 14.5 Å². The number of ether oxygens (including phenoxy) is 1. The molecular weight excluding hydrogens is 494 g/mol. The van der Waals surface area contributed by atoms with Gasteiger partial charge < -0.3 is 14.6 Å². The first-order valence-corrected chi connectivity index (χ1v) is 12.9. The molecule has 0 aliphatic rings. The molecular formula is C30H31N5O4. The van der Waals surface area contributed by atoms with E-state index < -0.39 is 0 Å². The van der Waals surface area contributed by atoms with Crippen molar-refractivity contribution in [2.45, 2.75) is 20.5 Å². The van der Waals surface area contributed by atoms with Crippen LogP contribution in [-0.4, -0.2) is 46.6 Å². The van der Waals surface area contributed by atoms with Gasteiger partial charge in [0.15, 0.2) is 5.52 Å². The lowest BCUT2D eigenvalue weighted by Gasteiger charge is -2.24. The summed E-state index contributed by atoms with van der Waals surface area (Å²) in [6.45, 7) is 6.13. The largest absolute Gasteiger partial charge is 0.496 e. The Kier molecular flexibility index (Phi) is 8.00. The van der Waals surface area contributed by atoms with Gasteiger partial charge in [-0.1, -0.05) is 48.5 Å². The average Bonchev–Trinajstić information content (AvgIpc) is 3.32. The first-order chi connectivity index (χ1) is 19.1. The molecule has 0 saturated heterocycles. The fraction of sp³-hybridized carbons (Fsp3) is 0.233. The molecule has 0 bridgehead atoms. The molecule has 5 rings (SSSR count). The molecule has 9 heteroatoms. The van der Waals surface area contributed by atoms with E-state index in [1.807, 2.05) is 85.8 Å². The minimum atomic E-state index is -0.270. The smallest absolute Gasteiger partial charge is 0.277 e. The van der Waals surface area contributed by atoms with Crippen LogP contribution in [0.2, 0.25) is 0 Å². The summed E-state index contributed by atoms with van der Waals surface area (Å²) in [6, 6.07) is 25.3. The van der Waals surface area contributed by atoms with Crippen LogP contribution in [0.4, 0.5) is 5.69 Å². The summed E-state index contributed by atoms with van der Waals surface area (Å²) < 4.78 is 7.35. The lowest BCUT2D eigenvalue weighted by Crippen LogP contribution is -2.27. The molecule has 0 aliphatic heterocycles. The number of methoxy groups -OCH3 is 1. The van der Waals surface area contributed by atoms with Crippen molar-refractivity contribution in [1.82, 2.24) is 19.7 Å². The molecule has 0 amide bonds. The summed E-state index contributed by atoms with van der Waals surface area (Å²) in [7, 11) is 1.61. The maximum absolute atomic E-state index is 13.2. The Morgan fingerprint density at radius 2 is 1.72 bits per heavy atom. The van der Waals surface area contributed by atoms with Gasteiger partial charge in [-0.05, 0) is 43.7 Å². The second-order valence-electron chi connectivity index (χ2n) is 8.98. The number of benzene rings is 3. The number of aromatic nitrogens is 4. The third-order valence-electron chi connectivity index (χ3n) is 6.48. The highest BCUT2D eigenvalue weighted by atomic mass is 17.2. The van der Waals surface area contributed by atoms with Gasteiger partial charge in [0.25, 0.3) is 5.56 Å². The molecule has 3 aromatic carbocycles. The maximum Gasteiger partial charge on any atom is 0.277 e. The highest BCUT2D eigenvalue weighted by Crippen LogP contribution is 2.32. The fourth-order valence-electron chi connectivity index (χ4n) is 4.48. The van der Waals surface area contributed by atoms with Crippen LogP contribution in [0.15, 0.2) is 83.7 Å². The predicted octanol–water partition coefficient (Wildman–Crippen LogP) is 5.07. The Labute approximate surface area is 226 Å². The molecule has 0 saturated carbocycles. The first-order valence-electron chi connectivity index (χ1n) is 12.9. The van der Waals surface area contributed by atoms with Crippen LogP contribution in [0.3, 0.4) is 0 Å². The molecule has 9 nitrogen and oxygen atoms in total.